The number of amides is 2. The topological polar surface area (TPSA) is 96.5 Å². The first-order valence-corrected chi connectivity index (χ1v) is 12.9. The first-order chi connectivity index (χ1) is 16.8. The fourth-order valence-electron chi connectivity index (χ4n) is 6.38. The Morgan fingerprint density at radius 1 is 1.11 bits per heavy atom. The molecular formula is C26H38N2O7. The van der Waals surface area contributed by atoms with Crippen LogP contribution in [-0.2, 0) is 24.0 Å². The molecule has 2 amide bonds. The predicted octanol–water partition coefficient (Wildman–Crippen LogP) is 4.43. The van der Waals surface area contributed by atoms with E-state index < -0.39 is 24.0 Å². The molecule has 5 aliphatic rings. The van der Waals surface area contributed by atoms with Crippen LogP contribution in [0.5, 0.6) is 5.75 Å². The van der Waals surface area contributed by atoms with E-state index in [0.717, 1.165) is 31.4 Å². The van der Waals surface area contributed by atoms with Gasteiger partial charge in [0, 0.05) is 30.5 Å². The molecule has 8 atom stereocenters. The SMILES string of the molecule is CCOc1ccc(NC(=O)NCCO[C@@H]2O[C@@H]3O[C@]4(C)CC[C@H]5[C@H](C)CC[C@@H]([C@H]2C)[C@@]35OO4)cc1. The smallest absolute Gasteiger partial charge is 0.319 e. The van der Waals surface area contributed by atoms with Crippen molar-refractivity contribution < 1.29 is 33.5 Å². The summed E-state index contributed by atoms with van der Waals surface area (Å²) in [7, 11) is 0. The third kappa shape index (κ3) is 4.64. The Balaban J connectivity index is 1.15. The number of nitrogens with one attached hydrogen (secondary N) is 2. The molecular weight excluding hydrogens is 452 g/mol. The van der Waals surface area contributed by atoms with E-state index in [2.05, 4.69) is 24.5 Å². The van der Waals surface area contributed by atoms with Gasteiger partial charge in [-0.05, 0) is 69.2 Å². The van der Waals surface area contributed by atoms with Crippen LogP contribution in [0.25, 0.3) is 0 Å². The zero-order valence-electron chi connectivity index (χ0n) is 21.1. The minimum atomic E-state index is -0.802. The highest BCUT2D eigenvalue weighted by molar-refractivity contribution is 5.89. The van der Waals surface area contributed by atoms with Gasteiger partial charge in [-0.3, -0.25) is 0 Å². The Morgan fingerprint density at radius 2 is 1.91 bits per heavy atom. The molecule has 1 aliphatic carbocycles. The van der Waals surface area contributed by atoms with Crippen LogP contribution in [0.4, 0.5) is 10.5 Å². The van der Waals surface area contributed by atoms with Gasteiger partial charge in [-0.2, -0.15) is 0 Å². The van der Waals surface area contributed by atoms with Crippen molar-refractivity contribution in [1.82, 2.24) is 5.32 Å². The number of benzene rings is 1. The molecule has 1 aromatic carbocycles. The summed E-state index contributed by atoms with van der Waals surface area (Å²) in [4.78, 5) is 24.3. The average Bonchev–Trinajstić information content (AvgIpc) is 3.07. The molecule has 4 saturated heterocycles. The fourth-order valence-corrected chi connectivity index (χ4v) is 6.38. The van der Waals surface area contributed by atoms with E-state index in [1.807, 2.05) is 26.0 Å². The molecule has 1 aromatic rings. The summed E-state index contributed by atoms with van der Waals surface area (Å²) in [5, 5.41) is 5.65. The Morgan fingerprint density at radius 3 is 2.69 bits per heavy atom. The van der Waals surface area contributed by atoms with Gasteiger partial charge in [-0.15, -0.1) is 0 Å². The van der Waals surface area contributed by atoms with Gasteiger partial charge in [-0.25, -0.2) is 14.6 Å². The van der Waals surface area contributed by atoms with Crippen molar-refractivity contribution in [2.24, 2.45) is 23.7 Å². The Bertz CT molecular complexity index is 898. The Kier molecular flexibility index (Phi) is 6.98. The van der Waals surface area contributed by atoms with Crippen LogP contribution in [0.15, 0.2) is 24.3 Å². The van der Waals surface area contributed by atoms with Crippen molar-refractivity contribution in [1.29, 1.82) is 0 Å². The van der Waals surface area contributed by atoms with Crippen LogP contribution in [0.3, 0.4) is 0 Å². The van der Waals surface area contributed by atoms with Crippen LogP contribution in [0.2, 0.25) is 0 Å². The van der Waals surface area contributed by atoms with Gasteiger partial charge in [0.1, 0.15) is 5.75 Å². The van der Waals surface area contributed by atoms with Crippen molar-refractivity contribution in [3.05, 3.63) is 24.3 Å². The Hall–Kier alpha value is -1.91. The molecule has 4 aliphatic heterocycles. The summed E-state index contributed by atoms with van der Waals surface area (Å²) in [5.41, 5.74) is 0.0989. The first kappa shape index (κ1) is 24.8. The molecule has 1 saturated carbocycles. The quantitative estimate of drug-likeness (QED) is 0.431. The van der Waals surface area contributed by atoms with Gasteiger partial charge in [0.2, 0.25) is 5.79 Å². The molecule has 2 N–H and O–H groups in total. The van der Waals surface area contributed by atoms with Crippen LogP contribution in [0.1, 0.15) is 53.4 Å². The van der Waals surface area contributed by atoms with E-state index in [1.165, 1.54) is 0 Å². The number of rotatable bonds is 7. The number of ether oxygens (including phenoxy) is 4. The number of hydrogen-bond acceptors (Lipinski definition) is 7. The zero-order valence-corrected chi connectivity index (χ0v) is 21.1. The lowest BCUT2D eigenvalue weighted by atomic mass is 9.58. The van der Waals surface area contributed by atoms with E-state index in [-0.39, 0.29) is 17.9 Å². The predicted molar refractivity (Wildman–Crippen MR) is 127 cm³/mol. The second kappa shape index (κ2) is 9.86. The molecule has 1 spiro atoms. The molecule has 0 aromatic heterocycles. The standard InChI is InChI=1S/C26H38N2O7/c1-5-30-19-9-7-18(8-10-19)28-24(29)27-14-15-31-22-17(3)21-11-6-16(2)20-12-13-25(4)33-23(32-22)26(20,21)35-34-25/h7-10,16-17,20-23H,5-6,11-15H2,1-4H3,(H2,27,28,29)/t16-,17-,20+,21+,22-,23-,25+,26-/m1/s1. The molecule has 4 heterocycles. The van der Waals surface area contributed by atoms with Crippen LogP contribution in [-0.4, -0.2) is 49.8 Å². The molecule has 35 heavy (non-hydrogen) atoms. The van der Waals surface area contributed by atoms with Crippen LogP contribution in [0, 0.1) is 23.7 Å². The molecule has 9 heteroatoms. The van der Waals surface area contributed by atoms with E-state index in [0.29, 0.717) is 37.3 Å². The molecule has 0 unspecified atom stereocenters. The van der Waals surface area contributed by atoms with Gasteiger partial charge in [0.15, 0.2) is 18.2 Å². The van der Waals surface area contributed by atoms with E-state index in [4.69, 9.17) is 28.7 Å². The van der Waals surface area contributed by atoms with Crippen molar-refractivity contribution in [3.8, 4) is 5.75 Å². The molecule has 5 fully saturated rings. The minimum absolute atomic E-state index is 0.105. The minimum Gasteiger partial charge on any atom is -0.494 e. The lowest BCUT2D eigenvalue weighted by Crippen LogP contribution is -2.70. The highest BCUT2D eigenvalue weighted by Gasteiger charge is 2.69. The summed E-state index contributed by atoms with van der Waals surface area (Å²) in [6.07, 6.45) is 2.98. The highest BCUT2D eigenvalue weighted by atomic mass is 17.3. The number of fused-ring (bicyclic) bond motifs is 2. The highest BCUT2D eigenvalue weighted by Crippen LogP contribution is 2.60. The number of hydrogen-bond donors (Lipinski definition) is 2. The molecule has 0 radical (unpaired) electrons. The lowest BCUT2D eigenvalue weighted by molar-refractivity contribution is -0.577. The lowest BCUT2D eigenvalue weighted by Gasteiger charge is -2.60. The van der Waals surface area contributed by atoms with E-state index in [9.17, 15) is 4.79 Å². The maximum absolute atomic E-state index is 12.3. The second-order valence-corrected chi connectivity index (χ2v) is 10.5. The van der Waals surface area contributed by atoms with Gasteiger partial charge < -0.3 is 29.6 Å². The van der Waals surface area contributed by atoms with E-state index in [1.54, 1.807) is 12.1 Å². The third-order valence-corrected chi connectivity index (χ3v) is 8.19. The molecule has 9 nitrogen and oxygen atoms in total. The molecule has 194 valence electrons. The second-order valence-electron chi connectivity index (χ2n) is 10.5. The van der Waals surface area contributed by atoms with Gasteiger partial charge in [-0.1, -0.05) is 13.8 Å². The van der Waals surface area contributed by atoms with Crippen LogP contribution < -0.4 is 15.4 Å². The largest absolute Gasteiger partial charge is 0.494 e. The average molecular weight is 491 g/mol. The number of anilines is 1. The first-order valence-electron chi connectivity index (χ1n) is 12.9. The molecule has 6 rings (SSSR count). The third-order valence-electron chi connectivity index (χ3n) is 8.19. The van der Waals surface area contributed by atoms with Crippen LogP contribution >= 0.6 is 0 Å². The van der Waals surface area contributed by atoms with Gasteiger partial charge in [0.25, 0.3) is 0 Å². The number of urea groups is 1. The number of carbonyl (C=O) groups excluding carboxylic acids is 1. The van der Waals surface area contributed by atoms with Crippen molar-refractivity contribution in [2.45, 2.75) is 77.3 Å². The summed E-state index contributed by atoms with van der Waals surface area (Å²) >= 11 is 0. The summed E-state index contributed by atoms with van der Waals surface area (Å²) in [6, 6.07) is 6.97. The van der Waals surface area contributed by atoms with Gasteiger partial charge >= 0.3 is 6.03 Å². The summed E-state index contributed by atoms with van der Waals surface area (Å²) < 4.78 is 24.3. The van der Waals surface area contributed by atoms with Crippen molar-refractivity contribution in [3.63, 3.8) is 0 Å². The monoisotopic (exact) mass is 490 g/mol. The van der Waals surface area contributed by atoms with Gasteiger partial charge in [0.05, 0.1) is 13.2 Å². The maximum Gasteiger partial charge on any atom is 0.319 e. The fraction of sp³-hybridized carbons (Fsp3) is 0.731. The van der Waals surface area contributed by atoms with Crippen molar-refractivity contribution in [2.75, 3.05) is 25.1 Å². The van der Waals surface area contributed by atoms with E-state index >= 15 is 0 Å². The zero-order chi connectivity index (χ0) is 24.6. The Labute approximate surface area is 207 Å². The summed E-state index contributed by atoms with van der Waals surface area (Å²) in [5.74, 6) is 1.13. The number of carbonyl (C=O) groups is 1. The molecule has 2 bridgehead atoms. The maximum atomic E-state index is 12.3. The summed E-state index contributed by atoms with van der Waals surface area (Å²) in [6.45, 7) is 9.59. The van der Waals surface area contributed by atoms with Crippen molar-refractivity contribution >= 4 is 11.7 Å². The normalized spacial score (nSPS) is 39.9.